The summed E-state index contributed by atoms with van der Waals surface area (Å²) < 4.78 is 10.2. The van der Waals surface area contributed by atoms with Crippen LogP contribution in [0.1, 0.15) is 49.3 Å². The molecule has 1 N–H and O–H groups in total. The number of carbonyl (C=O) groups excluding carboxylic acids is 4. The summed E-state index contributed by atoms with van der Waals surface area (Å²) in [7, 11) is 1.44. The first kappa shape index (κ1) is 23.1. The maximum Gasteiger partial charge on any atom is 0.311 e. The minimum atomic E-state index is -0.474. The Kier molecular flexibility index (Phi) is 6.69. The predicted octanol–water partition coefficient (Wildman–Crippen LogP) is 3.31. The van der Waals surface area contributed by atoms with Crippen LogP contribution in [0.25, 0.3) is 0 Å². The number of thiazole rings is 1. The van der Waals surface area contributed by atoms with Gasteiger partial charge in [-0.25, -0.2) is 4.98 Å². The average molecular weight is 480 g/mol. The Balaban J connectivity index is 1.50. The zero-order valence-electron chi connectivity index (χ0n) is 18.5. The van der Waals surface area contributed by atoms with Gasteiger partial charge in [-0.2, -0.15) is 0 Å². The summed E-state index contributed by atoms with van der Waals surface area (Å²) in [5.74, 6) is -1.29. The molecule has 0 aliphatic carbocycles. The largest absolute Gasteiger partial charge is 0.496 e. The maximum absolute atomic E-state index is 13.0. The van der Waals surface area contributed by atoms with Gasteiger partial charge in [0.05, 0.1) is 49.1 Å². The normalized spacial score (nSPS) is 12.5. The monoisotopic (exact) mass is 479 g/mol. The molecule has 3 aromatic rings. The number of ether oxygens (including phenoxy) is 2. The summed E-state index contributed by atoms with van der Waals surface area (Å²) >= 11 is 1.18. The Morgan fingerprint density at radius 2 is 1.79 bits per heavy atom. The van der Waals surface area contributed by atoms with Gasteiger partial charge in [-0.15, -0.1) is 11.3 Å². The molecule has 9 nitrogen and oxygen atoms in total. The lowest BCUT2D eigenvalue weighted by atomic mass is 10.1. The van der Waals surface area contributed by atoms with E-state index in [1.165, 1.54) is 18.4 Å². The van der Waals surface area contributed by atoms with E-state index in [0.29, 0.717) is 33.3 Å². The molecule has 1 aromatic heterocycles. The fourth-order valence-corrected chi connectivity index (χ4v) is 4.27. The smallest absolute Gasteiger partial charge is 0.311 e. The fraction of sp³-hybridized carbons (Fsp3) is 0.208. The van der Waals surface area contributed by atoms with Crippen LogP contribution in [-0.4, -0.2) is 47.3 Å². The third-order valence-electron chi connectivity index (χ3n) is 5.13. The van der Waals surface area contributed by atoms with Gasteiger partial charge in [0.1, 0.15) is 5.75 Å². The molecule has 0 unspecified atom stereocenters. The number of esters is 1. The van der Waals surface area contributed by atoms with Crippen LogP contribution in [0.2, 0.25) is 0 Å². The summed E-state index contributed by atoms with van der Waals surface area (Å²) in [4.78, 5) is 55.3. The molecule has 1 aliphatic rings. The number of carbonyl (C=O) groups is 4. The summed E-state index contributed by atoms with van der Waals surface area (Å²) in [6, 6.07) is 11.5. The lowest BCUT2D eigenvalue weighted by Gasteiger charge is -2.16. The fourth-order valence-electron chi connectivity index (χ4n) is 3.57. The molecule has 0 fully saturated rings. The lowest BCUT2D eigenvalue weighted by molar-refractivity contribution is -0.142. The van der Waals surface area contributed by atoms with Crippen LogP contribution >= 0.6 is 11.3 Å². The number of aromatic nitrogens is 1. The van der Waals surface area contributed by atoms with Crippen molar-refractivity contribution < 1.29 is 28.7 Å². The van der Waals surface area contributed by atoms with Crippen molar-refractivity contribution in [1.82, 2.24) is 9.88 Å². The number of rotatable bonds is 8. The molecule has 0 spiro atoms. The molecule has 2 heterocycles. The average Bonchev–Trinajstić information content (AvgIpc) is 3.36. The van der Waals surface area contributed by atoms with E-state index in [2.05, 4.69) is 10.3 Å². The van der Waals surface area contributed by atoms with Crippen LogP contribution in [0.15, 0.2) is 47.8 Å². The van der Waals surface area contributed by atoms with Crippen molar-refractivity contribution in [3.8, 4) is 5.75 Å². The van der Waals surface area contributed by atoms with Crippen LogP contribution in [0.3, 0.4) is 0 Å². The van der Waals surface area contributed by atoms with Crippen molar-refractivity contribution in [3.05, 3.63) is 75.8 Å². The van der Waals surface area contributed by atoms with E-state index in [1.54, 1.807) is 54.8 Å². The highest BCUT2D eigenvalue weighted by molar-refractivity contribution is 7.14. The number of hydrogen-bond acceptors (Lipinski definition) is 8. The first-order valence-corrected chi connectivity index (χ1v) is 11.3. The van der Waals surface area contributed by atoms with Gasteiger partial charge in [-0.1, -0.05) is 18.2 Å². The highest BCUT2D eigenvalue weighted by Gasteiger charge is 2.35. The minimum Gasteiger partial charge on any atom is -0.496 e. The number of methoxy groups -OCH3 is 1. The Morgan fingerprint density at radius 3 is 2.44 bits per heavy atom. The second kappa shape index (κ2) is 9.84. The number of nitrogens with zero attached hydrogens (tertiary/aromatic N) is 2. The van der Waals surface area contributed by atoms with Crippen LogP contribution < -0.4 is 10.1 Å². The molecular formula is C24H21N3O6S. The zero-order valence-corrected chi connectivity index (χ0v) is 19.3. The molecule has 34 heavy (non-hydrogen) atoms. The number of fused-ring (bicyclic) bond motifs is 1. The zero-order chi connectivity index (χ0) is 24.2. The molecule has 2 aromatic carbocycles. The standard InChI is InChI=1S/C24H21N3O6S/c1-3-33-20(28)11-15-13-34-24(25-15)26-21(29)18-10-14(8-9-19(18)32-2)12-27-22(30)16-6-4-5-7-17(16)23(27)31/h4-10,13H,3,11-12H2,1-2H3,(H,25,26,29). The van der Waals surface area contributed by atoms with Gasteiger partial charge < -0.3 is 9.47 Å². The number of imide groups is 1. The summed E-state index contributed by atoms with van der Waals surface area (Å²) in [6.45, 7) is 2.02. The first-order valence-electron chi connectivity index (χ1n) is 10.4. The lowest BCUT2D eigenvalue weighted by Crippen LogP contribution is -2.29. The molecule has 3 amide bonds. The minimum absolute atomic E-state index is 0.0115. The SMILES string of the molecule is CCOC(=O)Cc1csc(NC(=O)c2cc(CN3C(=O)c4ccccc4C3=O)ccc2OC)n1. The van der Waals surface area contributed by atoms with Gasteiger partial charge >= 0.3 is 5.97 Å². The van der Waals surface area contributed by atoms with Gasteiger partial charge in [0.15, 0.2) is 5.13 Å². The van der Waals surface area contributed by atoms with Crippen molar-refractivity contribution in [2.75, 3.05) is 19.0 Å². The molecule has 174 valence electrons. The maximum atomic E-state index is 13.0. The molecule has 0 radical (unpaired) electrons. The Morgan fingerprint density at radius 1 is 1.09 bits per heavy atom. The van der Waals surface area contributed by atoms with E-state index >= 15 is 0 Å². The van der Waals surface area contributed by atoms with Gasteiger partial charge in [-0.3, -0.25) is 29.4 Å². The van der Waals surface area contributed by atoms with Crippen molar-refractivity contribution in [2.45, 2.75) is 19.9 Å². The Labute approximate surface area is 199 Å². The Bertz CT molecular complexity index is 1250. The van der Waals surface area contributed by atoms with Crippen LogP contribution in [0.5, 0.6) is 5.75 Å². The number of anilines is 1. The van der Waals surface area contributed by atoms with Crippen LogP contribution in [0, 0.1) is 0 Å². The van der Waals surface area contributed by atoms with Crippen molar-refractivity contribution in [1.29, 1.82) is 0 Å². The van der Waals surface area contributed by atoms with Crippen molar-refractivity contribution >= 4 is 40.2 Å². The first-order chi connectivity index (χ1) is 16.4. The van der Waals surface area contributed by atoms with E-state index in [-0.39, 0.29) is 37.0 Å². The van der Waals surface area contributed by atoms with E-state index in [4.69, 9.17) is 9.47 Å². The van der Waals surface area contributed by atoms with Gasteiger partial charge in [0.25, 0.3) is 17.7 Å². The molecule has 0 bridgehead atoms. The molecule has 1 aliphatic heterocycles. The number of amides is 3. The van der Waals surface area contributed by atoms with Gasteiger partial charge in [-0.05, 0) is 36.8 Å². The van der Waals surface area contributed by atoms with Crippen molar-refractivity contribution in [2.24, 2.45) is 0 Å². The Hall–Kier alpha value is -4.05. The molecule has 0 saturated carbocycles. The predicted molar refractivity (Wildman–Crippen MR) is 124 cm³/mol. The van der Waals surface area contributed by atoms with E-state index < -0.39 is 11.9 Å². The molecule has 0 saturated heterocycles. The van der Waals surface area contributed by atoms with Gasteiger partial charge in [0, 0.05) is 5.38 Å². The second-order valence-electron chi connectivity index (χ2n) is 7.36. The second-order valence-corrected chi connectivity index (χ2v) is 8.21. The van der Waals surface area contributed by atoms with Crippen LogP contribution in [-0.2, 0) is 22.5 Å². The molecule has 0 atom stereocenters. The summed E-state index contributed by atoms with van der Waals surface area (Å²) in [5.41, 5.74) is 2.02. The van der Waals surface area contributed by atoms with Gasteiger partial charge in [0.2, 0.25) is 0 Å². The number of nitrogens with one attached hydrogen (secondary N) is 1. The third kappa shape index (κ3) is 4.67. The highest BCUT2D eigenvalue weighted by atomic mass is 32.1. The van der Waals surface area contributed by atoms with E-state index in [9.17, 15) is 19.2 Å². The molecule has 10 heteroatoms. The summed E-state index contributed by atoms with van der Waals surface area (Å²) in [5, 5.41) is 4.69. The van der Waals surface area contributed by atoms with E-state index in [0.717, 1.165) is 4.90 Å². The molecular weight excluding hydrogens is 458 g/mol. The number of hydrogen-bond donors (Lipinski definition) is 1. The topological polar surface area (TPSA) is 115 Å². The van der Waals surface area contributed by atoms with Crippen molar-refractivity contribution in [3.63, 3.8) is 0 Å². The number of benzene rings is 2. The van der Waals surface area contributed by atoms with Crippen LogP contribution in [0.4, 0.5) is 5.13 Å². The quantitative estimate of drug-likeness (QED) is 0.389. The highest BCUT2D eigenvalue weighted by Crippen LogP contribution is 2.27. The summed E-state index contributed by atoms with van der Waals surface area (Å²) in [6.07, 6.45) is 0.0132. The van der Waals surface area contributed by atoms with E-state index in [1.807, 2.05) is 0 Å². The third-order valence-corrected chi connectivity index (χ3v) is 5.94. The molecule has 4 rings (SSSR count).